The first kappa shape index (κ1) is 16.7. The van der Waals surface area contributed by atoms with Crippen molar-refractivity contribution in [2.75, 3.05) is 6.61 Å². The Morgan fingerprint density at radius 2 is 1.90 bits per heavy atom. The lowest BCUT2D eigenvalue weighted by atomic mass is 9.82. The van der Waals surface area contributed by atoms with Gasteiger partial charge in [0.25, 0.3) is 0 Å². The summed E-state index contributed by atoms with van der Waals surface area (Å²) in [5.74, 6) is -3.59. The number of carbonyl (C=O) groups is 2. The minimum absolute atomic E-state index is 0.0469. The number of alkyl carbamates (subject to hydrolysis) is 1. The van der Waals surface area contributed by atoms with E-state index in [4.69, 9.17) is 9.47 Å². The predicted molar refractivity (Wildman–Crippen MR) is 67.5 cm³/mol. The van der Waals surface area contributed by atoms with Crippen LogP contribution in [-0.4, -0.2) is 36.2 Å². The Balaban J connectivity index is 2.24. The summed E-state index contributed by atoms with van der Waals surface area (Å²) in [7, 11) is 0. The lowest BCUT2D eigenvalue weighted by Gasteiger charge is -2.34. The van der Waals surface area contributed by atoms with Crippen molar-refractivity contribution in [2.45, 2.75) is 58.1 Å². The van der Waals surface area contributed by atoms with Crippen molar-refractivity contribution < 1.29 is 27.8 Å². The van der Waals surface area contributed by atoms with Crippen LogP contribution in [0.25, 0.3) is 0 Å². The highest BCUT2D eigenvalue weighted by Gasteiger charge is 2.45. The molecule has 5 nitrogen and oxygen atoms in total. The summed E-state index contributed by atoms with van der Waals surface area (Å²) < 4.78 is 35.0. The number of hydrogen-bond donors (Lipinski definition) is 1. The summed E-state index contributed by atoms with van der Waals surface area (Å²) in [6, 6.07) is -0.884. The van der Waals surface area contributed by atoms with Gasteiger partial charge < -0.3 is 14.8 Å². The van der Waals surface area contributed by atoms with Gasteiger partial charge in [0.1, 0.15) is 11.6 Å². The fourth-order valence-corrected chi connectivity index (χ4v) is 1.77. The third kappa shape index (κ3) is 5.71. The molecule has 0 aromatic rings. The Bertz CT molecular complexity index is 371. The zero-order chi connectivity index (χ0) is 15.6. The van der Waals surface area contributed by atoms with E-state index in [2.05, 4.69) is 5.32 Å². The first-order valence-corrected chi connectivity index (χ1v) is 6.52. The minimum Gasteiger partial charge on any atom is -0.464 e. The summed E-state index contributed by atoms with van der Waals surface area (Å²) >= 11 is 0. The van der Waals surface area contributed by atoms with Crippen LogP contribution in [0.15, 0.2) is 0 Å². The molecule has 1 aliphatic rings. The van der Waals surface area contributed by atoms with Crippen molar-refractivity contribution in [3.05, 3.63) is 0 Å². The van der Waals surface area contributed by atoms with Crippen molar-refractivity contribution in [1.82, 2.24) is 5.32 Å². The standard InChI is InChI=1S/C13H21F2NO4/c1-8(16-11(18)20-12(2,3)4)10(17)19-7-9-5-13(14,15)6-9/h8-9H,5-7H2,1-4H3,(H,16,18)/t8-/m0/s1. The highest BCUT2D eigenvalue weighted by atomic mass is 19.3. The van der Waals surface area contributed by atoms with E-state index in [1.54, 1.807) is 20.8 Å². The summed E-state index contributed by atoms with van der Waals surface area (Å²) in [5.41, 5.74) is -0.661. The molecule has 1 fully saturated rings. The van der Waals surface area contributed by atoms with Crippen molar-refractivity contribution >= 4 is 12.1 Å². The quantitative estimate of drug-likeness (QED) is 0.809. The molecule has 0 bridgehead atoms. The van der Waals surface area contributed by atoms with E-state index in [0.717, 1.165) is 0 Å². The fourth-order valence-electron chi connectivity index (χ4n) is 1.77. The van der Waals surface area contributed by atoms with Crippen LogP contribution >= 0.6 is 0 Å². The molecule has 0 aliphatic heterocycles. The predicted octanol–water partition coefficient (Wildman–Crippen LogP) is 2.49. The van der Waals surface area contributed by atoms with E-state index in [0.29, 0.717) is 0 Å². The van der Waals surface area contributed by atoms with Gasteiger partial charge in [0.15, 0.2) is 0 Å². The Kier molecular flexibility index (Phi) is 4.94. The molecule has 0 aromatic heterocycles. The summed E-state index contributed by atoms with van der Waals surface area (Å²) in [6.45, 7) is 6.50. The van der Waals surface area contributed by atoms with Crippen LogP contribution in [0.2, 0.25) is 0 Å². The van der Waals surface area contributed by atoms with Crippen LogP contribution in [0.3, 0.4) is 0 Å². The number of hydrogen-bond acceptors (Lipinski definition) is 4. The van der Waals surface area contributed by atoms with E-state index < -0.39 is 29.6 Å². The highest BCUT2D eigenvalue weighted by Crippen LogP contribution is 2.42. The van der Waals surface area contributed by atoms with Gasteiger partial charge in [-0.2, -0.15) is 0 Å². The van der Waals surface area contributed by atoms with Gasteiger partial charge in [-0.25, -0.2) is 18.4 Å². The number of amides is 1. The Hall–Kier alpha value is -1.40. The summed E-state index contributed by atoms with van der Waals surface area (Å²) in [6.07, 6.45) is -1.24. The summed E-state index contributed by atoms with van der Waals surface area (Å²) in [4.78, 5) is 23.0. The van der Waals surface area contributed by atoms with E-state index in [1.165, 1.54) is 6.92 Å². The molecule has 1 atom stereocenters. The first-order valence-electron chi connectivity index (χ1n) is 6.52. The maximum Gasteiger partial charge on any atom is 0.408 e. The fraction of sp³-hybridized carbons (Fsp3) is 0.846. The van der Waals surface area contributed by atoms with Crippen LogP contribution in [0.1, 0.15) is 40.5 Å². The lowest BCUT2D eigenvalue weighted by molar-refractivity contribution is -0.159. The summed E-state index contributed by atoms with van der Waals surface area (Å²) in [5, 5.41) is 2.33. The van der Waals surface area contributed by atoms with E-state index in [-0.39, 0.29) is 25.4 Å². The number of carbonyl (C=O) groups excluding carboxylic acids is 2. The molecular formula is C13H21F2NO4. The van der Waals surface area contributed by atoms with Gasteiger partial charge in [-0.05, 0) is 27.7 Å². The molecule has 0 unspecified atom stereocenters. The number of rotatable bonds is 4. The molecule has 1 rings (SSSR count). The van der Waals surface area contributed by atoms with Crippen LogP contribution in [0, 0.1) is 5.92 Å². The van der Waals surface area contributed by atoms with Crippen molar-refractivity contribution in [1.29, 1.82) is 0 Å². The molecule has 0 heterocycles. The Morgan fingerprint density at radius 3 is 2.35 bits per heavy atom. The van der Waals surface area contributed by atoms with Crippen molar-refractivity contribution in [3.8, 4) is 0 Å². The molecule has 0 radical (unpaired) electrons. The molecule has 0 saturated heterocycles. The van der Waals surface area contributed by atoms with Gasteiger partial charge in [-0.1, -0.05) is 0 Å². The monoisotopic (exact) mass is 293 g/mol. The molecule has 7 heteroatoms. The number of esters is 1. The maximum absolute atomic E-state index is 12.6. The normalized spacial score (nSPS) is 19.7. The minimum atomic E-state index is -2.63. The molecule has 1 N–H and O–H groups in total. The molecule has 20 heavy (non-hydrogen) atoms. The molecule has 1 amide bonds. The van der Waals surface area contributed by atoms with Crippen LogP contribution < -0.4 is 5.32 Å². The number of ether oxygens (including phenoxy) is 2. The Morgan fingerprint density at radius 1 is 1.35 bits per heavy atom. The maximum atomic E-state index is 12.6. The average Bonchev–Trinajstić information content (AvgIpc) is 2.19. The van der Waals surface area contributed by atoms with Crippen molar-refractivity contribution in [3.63, 3.8) is 0 Å². The molecule has 0 aromatic carbocycles. The number of alkyl halides is 2. The smallest absolute Gasteiger partial charge is 0.408 e. The van der Waals surface area contributed by atoms with Gasteiger partial charge in [0.05, 0.1) is 6.61 Å². The van der Waals surface area contributed by atoms with Gasteiger partial charge in [-0.3, -0.25) is 0 Å². The van der Waals surface area contributed by atoms with Crippen LogP contribution in [0.5, 0.6) is 0 Å². The number of nitrogens with one attached hydrogen (secondary N) is 1. The second-order valence-corrected chi connectivity index (χ2v) is 6.13. The lowest BCUT2D eigenvalue weighted by Crippen LogP contribution is -2.44. The topological polar surface area (TPSA) is 64.6 Å². The van der Waals surface area contributed by atoms with Gasteiger partial charge in [0.2, 0.25) is 5.92 Å². The third-order valence-corrected chi connectivity index (χ3v) is 2.72. The number of halogens is 2. The molecule has 0 spiro atoms. The molecule has 1 saturated carbocycles. The second kappa shape index (κ2) is 5.93. The van der Waals surface area contributed by atoms with Crippen LogP contribution in [-0.2, 0) is 14.3 Å². The zero-order valence-electron chi connectivity index (χ0n) is 12.2. The molecular weight excluding hydrogens is 272 g/mol. The van der Waals surface area contributed by atoms with Crippen molar-refractivity contribution in [2.24, 2.45) is 5.92 Å². The van der Waals surface area contributed by atoms with Crippen LogP contribution in [0.4, 0.5) is 13.6 Å². The van der Waals surface area contributed by atoms with E-state index in [1.807, 2.05) is 0 Å². The largest absolute Gasteiger partial charge is 0.464 e. The SMILES string of the molecule is C[C@H](NC(=O)OC(C)(C)C)C(=O)OCC1CC(F)(F)C1. The van der Waals surface area contributed by atoms with Gasteiger partial charge >= 0.3 is 12.1 Å². The van der Waals surface area contributed by atoms with E-state index >= 15 is 0 Å². The Labute approximate surface area is 117 Å². The third-order valence-electron chi connectivity index (χ3n) is 2.72. The molecule has 116 valence electrons. The van der Waals surface area contributed by atoms with Gasteiger partial charge in [0, 0.05) is 18.8 Å². The zero-order valence-corrected chi connectivity index (χ0v) is 12.2. The second-order valence-electron chi connectivity index (χ2n) is 6.13. The molecule has 1 aliphatic carbocycles. The first-order chi connectivity index (χ1) is 8.98. The highest BCUT2D eigenvalue weighted by molar-refractivity contribution is 5.81. The van der Waals surface area contributed by atoms with E-state index in [9.17, 15) is 18.4 Å². The van der Waals surface area contributed by atoms with Gasteiger partial charge in [-0.15, -0.1) is 0 Å². The average molecular weight is 293 g/mol.